The number of carbonyl (C=O) groups excluding carboxylic acids is 1. The fourth-order valence-electron chi connectivity index (χ4n) is 2.47. The normalized spacial score (nSPS) is 11.5. The molecule has 1 atom stereocenters. The van der Waals surface area contributed by atoms with E-state index in [1.54, 1.807) is 42.5 Å². The Hall–Kier alpha value is -2.81. The van der Waals surface area contributed by atoms with Gasteiger partial charge in [-0.05, 0) is 24.3 Å². The van der Waals surface area contributed by atoms with Crippen molar-refractivity contribution in [2.24, 2.45) is 0 Å². The van der Waals surface area contributed by atoms with Crippen LogP contribution in [-0.4, -0.2) is 22.3 Å². The second kappa shape index (κ2) is 9.80. The average molecular weight is 461 g/mol. The van der Waals surface area contributed by atoms with E-state index < -0.39 is 17.0 Å². The van der Waals surface area contributed by atoms with E-state index in [-0.39, 0.29) is 5.09 Å². The Morgan fingerprint density at radius 3 is 2.73 bits per heavy atom. The van der Waals surface area contributed by atoms with Crippen molar-refractivity contribution < 1.29 is 18.2 Å². The van der Waals surface area contributed by atoms with Crippen molar-refractivity contribution in [3.05, 3.63) is 77.7 Å². The first kappa shape index (κ1) is 21.9. The van der Waals surface area contributed by atoms with Gasteiger partial charge in [0.1, 0.15) is 10.8 Å². The summed E-state index contributed by atoms with van der Waals surface area (Å²) in [5, 5.41) is 1.03. The highest BCUT2D eigenvalue weighted by molar-refractivity contribution is 7.99. The number of hydrogen-bond acceptors (Lipinski definition) is 6. The van der Waals surface area contributed by atoms with Crippen LogP contribution in [0.3, 0.4) is 0 Å². The largest absolute Gasteiger partial charge is 0.465 e. The van der Waals surface area contributed by atoms with Crippen molar-refractivity contribution in [2.75, 3.05) is 11.8 Å². The Kier molecular flexibility index (Phi) is 7.15. The number of methoxy groups -OCH3 is 1. The van der Waals surface area contributed by atoms with E-state index >= 15 is 0 Å². The first-order valence-corrected chi connectivity index (χ1v) is 10.9. The lowest BCUT2D eigenvalue weighted by atomic mass is 10.2. The molecule has 0 amide bonds. The highest BCUT2D eigenvalue weighted by Gasteiger charge is 2.18. The molecule has 2 aromatic heterocycles. The Labute approximate surface area is 185 Å². The maximum absolute atomic E-state index is 12.8. The van der Waals surface area contributed by atoms with Gasteiger partial charge in [-0.25, -0.2) is 14.0 Å². The molecule has 0 fully saturated rings. The minimum atomic E-state index is -1.74. The third-order valence-corrected chi connectivity index (χ3v) is 6.15. The maximum atomic E-state index is 12.8. The van der Waals surface area contributed by atoms with Gasteiger partial charge >= 0.3 is 5.97 Å². The van der Waals surface area contributed by atoms with Gasteiger partial charge in [-0.2, -0.15) is 0 Å². The van der Waals surface area contributed by atoms with E-state index in [2.05, 4.69) is 22.9 Å². The summed E-state index contributed by atoms with van der Waals surface area (Å²) in [6, 6.07) is 10.2. The zero-order valence-electron chi connectivity index (χ0n) is 15.9. The van der Waals surface area contributed by atoms with Crippen LogP contribution in [0.5, 0.6) is 0 Å². The van der Waals surface area contributed by atoms with E-state index in [9.17, 15) is 9.00 Å². The molecule has 0 aliphatic carbocycles. The molecule has 1 N–H and O–H groups in total. The summed E-state index contributed by atoms with van der Waals surface area (Å²) in [6.45, 7) is 7.37. The van der Waals surface area contributed by atoms with E-state index in [0.29, 0.717) is 37.5 Å². The number of nitrogens with zero attached hydrogens (tertiary/aromatic N) is 1. The van der Waals surface area contributed by atoms with Gasteiger partial charge in [0.2, 0.25) is 5.09 Å². The van der Waals surface area contributed by atoms with E-state index in [0.717, 1.165) is 0 Å². The number of aromatic nitrogens is 1. The lowest BCUT2D eigenvalue weighted by Crippen LogP contribution is -2.06. The molecule has 2 heterocycles. The summed E-state index contributed by atoms with van der Waals surface area (Å²) >= 11 is 7.31. The number of furan rings is 1. The van der Waals surface area contributed by atoms with E-state index in [1.807, 2.05) is 0 Å². The van der Waals surface area contributed by atoms with Crippen molar-refractivity contribution in [3.63, 3.8) is 0 Å². The maximum Gasteiger partial charge on any atom is 0.339 e. The van der Waals surface area contributed by atoms with Gasteiger partial charge in [0, 0.05) is 22.7 Å². The van der Waals surface area contributed by atoms with Gasteiger partial charge < -0.3 is 9.15 Å². The molecule has 0 aliphatic heterocycles. The van der Waals surface area contributed by atoms with Crippen LogP contribution >= 0.6 is 23.4 Å². The number of pyridine rings is 1. The Balaban J connectivity index is 1.92. The topological polar surface area (TPSA) is 81.4 Å². The average Bonchev–Trinajstić information content (AvgIpc) is 3.19. The predicted octanol–water partition coefficient (Wildman–Crippen LogP) is 5.69. The second-order valence-corrected chi connectivity index (χ2v) is 8.37. The van der Waals surface area contributed by atoms with Gasteiger partial charge in [0.25, 0.3) is 0 Å². The van der Waals surface area contributed by atoms with Crippen molar-refractivity contribution in [2.45, 2.75) is 15.0 Å². The summed E-state index contributed by atoms with van der Waals surface area (Å²) in [7, 11) is -0.417. The van der Waals surface area contributed by atoms with Crippen LogP contribution in [0.15, 0.2) is 75.2 Å². The molecule has 0 bridgehead atoms. The second-order valence-electron chi connectivity index (χ2n) is 5.76. The highest BCUT2D eigenvalue weighted by atomic mass is 35.5. The molecular weight excluding hydrogens is 444 g/mol. The number of esters is 1. The molecule has 0 radical (unpaired) electrons. The molecule has 30 heavy (non-hydrogen) atoms. The molecule has 1 unspecified atom stereocenters. The molecule has 0 spiro atoms. The third-order valence-electron chi connectivity index (χ3n) is 3.88. The molecule has 3 rings (SSSR count). The quantitative estimate of drug-likeness (QED) is 0.435. The summed E-state index contributed by atoms with van der Waals surface area (Å²) in [5.74, 6) is 0.00983. The first-order valence-electron chi connectivity index (χ1n) is 8.54. The Morgan fingerprint density at radius 2 is 2.07 bits per heavy atom. The highest BCUT2D eigenvalue weighted by Crippen LogP contribution is 2.36. The molecule has 0 aliphatic rings. The molecule has 9 heteroatoms. The van der Waals surface area contributed by atoms with Crippen molar-refractivity contribution in [1.29, 1.82) is 0 Å². The number of ether oxygens (including phenoxy) is 1. The zero-order valence-corrected chi connectivity index (χ0v) is 18.3. The standard InChI is InChI=1S/C21H17ClN2O4S2/c1-4-13-10-19(28-17(13)5-2)30(26)24-16-11-14(22)12-23-20(16)29-18-9-7-6-8-15(18)21(25)27-3/h4-12,24H,1-2H2,3H3. The van der Waals surface area contributed by atoms with Crippen molar-refractivity contribution in [1.82, 2.24) is 4.98 Å². The van der Waals surface area contributed by atoms with Gasteiger partial charge in [-0.15, -0.1) is 0 Å². The fraction of sp³-hybridized carbons (Fsp3) is 0.0476. The summed E-state index contributed by atoms with van der Waals surface area (Å²) in [6.07, 6.45) is 4.58. The first-order chi connectivity index (χ1) is 14.5. The predicted molar refractivity (Wildman–Crippen MR) is 120 cm³/mol. The number of halogens is 1. The smallest absolute Gasteiger partial charge is 0.339 e. The van der Waals surface area contributed by atoms with Gasteiger partial charge in [-0.3, -0.25) is 4.72 Å². The molecular formula is C21H17ClN2O4S2. The molecule has 154 valence electrons. The summed E-state index contributed by atoms with van der Waals surface area (Å²) in [5.41, 5.74) is 1.49. The number of rotatable bonds is 8. The lowest BCUT2D eigenvalue weighted by Gasteiger charge is -2.11. The van der Waals surface area contributed by atoms with Crippen LogP contribution in [0.25, 0.3) is 12.2 Å². The molecule has 0 saturated carbocycles. The van der Waals surface area contributed by atoms with E-state index in [1.165, 1.54) is 31.1 Å². The van der Waals surface area contributed by atoms with Crippen LogP contribution in [0, 0.1) is 0 Å². The van der Waals surface area contributed by atoms with Crippen molar-refractivity contribution >= 4 is 58.2 Å². The monoisotopic (exact) mass is 460 g/mol. The molecule has 0 saturated heterocycles. The fourth-order valence-corrected chi connectivity index (χ4v) is 4.49. The zero-order chi connectivity index (χ0) is 21.7. The number of anilines is 1. The SMILES string of the molecule is C=Cc1cc(S(=O)Nc2cc(Cl)cnc2Sc2ccccc2C(=O)OC)oc1C=C. The van der Waals surface area contributed by atoms with Crippen LogP contribution in [0.1, 0.15) is 21.7 Å². The summed E-state index contributed by atoms with van der Waals surface area (Å²) in [4.78, 5) is 17.0. The molecule has 6 nitrogen and oxygen atoms in total. The van der Waals surface area contributed by atoms with Crippen LogP contribution < -0.4 is 4.72 Å². The van der Waals surface area contributed by atoms with Gasteiger partial charge in [-0.1, -0.05) is 54.7 Å². The Bertz CT molecular complexity index is 1120. The number of benzene rings is 1. The van der Waals surface area contributed by atoms with Crippen molar-refractivity contribution in [3.8, 4) is 0 Å². The number of hydrogen-bond donors (Lipinski definition) is 1. The Morgan fingerprint density at radius 1 is 1.30 bits per heavy atom. The number of nitrogens with one attached hydrogen (secondary N) is 1. The van der Waals surface area contributed by atoms with Gasteiger partial charge in [0.05, 0.1) is 23.4 Å². The minimum Gasteiger partial charge on any atom is -0.465 e. The number of carbonyl (C=O) groups is 1. The van der Waals surface area contributed by atoms with Crippen LogP contribution in [0.4, 0.5) is 5.69 Å². The lowest BCUT2D eigenvalue weighted by molar-refractivity contribution is 0.0597. The molecule has 1 aromatic carbocycles. The summed E-state index contributed by atoms with van der Waals surface area (Å²) < 4.78 is 26.1. The minimum absolute atomic E-state index is 0.200. The van der Waals surface area contributed by atoms with Crippen LogP contribution in [0.2, 0.25) is 5.02 Å². The van der Waals surface area contributed by atoms with E-state index in [4.69, 9.17) is 20.8 Å². The van der Waals surface area contributed by atoms with Gasteiger partial charge in [0.15, 0.2) is 11.0 Å². The molecule has 3 aromatic rings. The van der Waals surface area contributed by atoms with Crippen LogP contribution in [-0.2, 0) is 15.7 Å². The third kappa shape index (κ3) is 4.84.